The van der Waals surface area contributed by atoms with Gasteiger partial charge < -0.3 is 19.8 Å². The van der Waals surface area contributed by atoms with E-state index in [2.05, 4.69) is 0 Å². The van der Waals surface area contributed by atoms with Gasteiger partial charge in [-0.25, -0.2) is 0 Å². The Hall–Kier alpha value is -4.54. The van der Waals surface area contributed by atoms with Crippen molar-refractivity contribution >= 4 is 34.6 Å². The minimum absolute atomic E-state index is 0.0759. The lowest BCUT2D eigenvalue weighted by molar-refractivity contribution is -0.385. The number of aliphatic hydroxyl groups excluding tert-OH is 1. The zero-order valence-corrected chi connectivity index (χ0v) is 21.2. The van der Waals surface area contributed by atoms with Crippen molar-refractivity contribution in [3.63, 3.8) is 0 Å². The molecule has 2 heterocycles. The van der Waals surface area contributed by atoms with Crippen molar-refractivity contribution in [2.45, 2.75) is 25.5 Å². The van der Waals surface area contributed by atoms with Gasteiger partial charge >= 0.3 is 0 Å². The summed E-state index contributed by atoms with van der Waals surface area (Å²) < 4.78 is 5.52. The summed E-state index contributed by atoms with van der Waals surface area (Å²) in [5.74, 6) is -0.909. The van der Waals surface area contributed by atoms with Gasteiger partial charge in [-0.1, -0.05) is 43.3 Å². The Bertz CT molecular complexity index is 1470. The van der Waals surface area contributed by atoms with E-state index < -0.39 is 22.3 Å². The van der Waals surface area contributed by atoms with E-state index in [1.165, 1.54) is 23.1 Å². The van der Waals surface area contributed by atoms with Crippen molar-refractivity contribution in [3.8, 4) is 5.75 Å². The average Bonchev–Trinajstić information content (AvgIpc) is 3.15. The number of para-hydroxylation sites is 2. The van der Waals surface area contributed by atoms with Crippen LogP contribution < -0.4 is 14.5 Å². The molecule has 0 saturated heterocycles. The number of amides is 2. The number of nitrogens with zero attached hydrogens (tertiary/aromatic N) is 3. The molecule has 0 bridgehead atoms. The van der Waals surface area contributed by atoms with Gasteiger partial charge in [0.05, 0.1) is 22.8 Å². The topological polar surface area (TPSA) is 133 Å². The number of benzene rings is 3. The Morgan fingerprint density at radius 1 is 1.10 bits per heavy atom. The lowest BCUT2D eigenvalue weighted by Crippen LogP contribution is -2.44. The monoisotopic (exact) mass is 529 g/mol. The highest BCUT2D eigenvalue weighted by atomic mass is 16.6. The van der Waals surface area contributed by atoms with E-state index in [1.54, 1.807) is 60.4 Å². The van der Waals surface area contributed by atoms with Crippen LogP contribution in [0, 0.1) is 16.0 Å². The molecule has 0 spiro atoms. The van der Waals surface area contributed by atoms with Gasteiger partial charge in [0, 0.05) is 35.9 Å². The summed E-state index contributed by atoms with van der Waals surface area (Å²) in [6.07, 6.45) is 3.65. The molecule has 0 fully saturated rings. The molecule has 10 nitrogen and oxygen atoms in total. The highest BCUT2D eigenvalue weighted by Crippen LogP contribution is 2.47. The van der Waals surface area contributed by atoms with Crippen molar-refractivity contribution in [2.75, 3.05) is 23.0 Å². The van der Waals surface area contributed by atoms with Crippen molar-refractivity contribution in [1.82, 2.24) is 0 Å². The summed E-state index contributed by atoms with van der Waals surface area (Å²) in [5, 5.41) is 32.2. The first kappa shape index (κ1) is 26.1. The number of carbonyl (C=O) groups excluding carboxylic acids is 2. The van der Waals surface area contributed by atoms with E-state index in [0.717, 1.165) is 5.56 Å². The second-order valence-corrected chi connectivity index (χ2v) is 9.50. The molecule has 2 N–H and O–H groups in total. The zero-order chi connectivity index (χ0) is 27.7. The summed E-state index contributed by atoms with van der Waals surface area (Å²) in [5.41, 5.74) is 0.317. The summed E-state index contributed by atoms with van der Waals surface area (Å²) in [6.45, 7) is 1.60. The first-order chi connectivity index (χ1) is 18.8. The van der Waals surface area contributed by atoms with Crippen molar-refractivity contribution < 1.29 is 29.5 Å². The molecule has 2 aliphatic heterocycles. The maximum atomic E-state index is 13.7. The summed E-state index contributed by atoms with van der Waals surface area (Å²) in [7, 11) is 0. The third kappa shape index (κ3) is 4.53. The Morgan fingerprint density at radius 3 is 2.56 bits per heavy atom. The fourth-order valence-corrected chi connectivity index (χ4v) is 5.04. The maximum absolute atomic E-state index is 13.7. The van der Waals surface area contributed by atoms with Crippen LogP contribution in [0.25, 0.3) is 0 Å². The van der Waals surface area contributed by atoms with Gasteiger partial charge in [-0.15, -0.1) is 0 Å². The number of fused-ring (bicyclic) bond motifs is 2. The van der Waals surface area contributed by atoms with E-state index >= 15 is 0 Å². The van der Waals surface area contributed by atoms with Gasteiger partial charge in [0.1, 0.15) is 5.75 Å². The maximum Gasteiger partial charge on any atom is 0.269 e. The molecule has 200 valence electrons. The zero-order valence-electron chi connectivity index (χ0n) is 21.2. The van der Waals surface area contributed by atoms with Crippen LogP contribution in [0.1, 0.15) is 24.5 Å². The summed E-state index contributed by atoms with van der Waals surface area (Å²) in [4.78, 5) is 40.2. The minimum Gasteiger partial charge on any atom is -0.482 e. The number of ether oxygens (including phenoxy) is 1. The largest absolute Gasteiger partial charge is 0.482 e. The second-order valence-electron chi connectivity index (χ2n) is 9.50. The number of carbonyl (C=O) groups is 2. The fourth-order valence-electron chi connectivity index (χ4n) is 5.04. The highest BCUT2D eigenvalue weighted by Gasteiger charge is 2.53. The molecule has 2 amide bonds. The summed E-state index contributed by atoms with van der Waals surface area (Å²) in [6, 6.07) is 18.4. The molecule has 10 heteroatoms. The van der Waals surface area contributed by atoms with E-state index in [9.17, 15) is 24.8 Å². The number of anilines is 3. The van der Waals surface area contributed by atoms with Gasteiger partial charge in [0.15, 0.2) is 12.2 Å². The van der Waals surface area contributed by atoms with E-state index in [1.807, 2.05) is 12.1 Å². The van der Waals surface area contributed by atoms with Crippen LogP contribution in [0.15, 0.2) is 78.9 Å². The van der Waals surface area contributed by atoms with Crippen LogP contribution in [0.3, 0.4) is 0 Å². The molecular formula is C29H27N3O7. The normalized spacial score (nSPS) is 19.2. The standard InChI is InChI=1S/C29H27N3O7/c1-19(6-4-5-15-33)29(36)23-16-22(32(37)38)13-14-24(23)30(28(29)35)17-20-9-11-21(12-10-20)31-25-7-2-3-8-26(25)39-18-27(31)34/h2-4,6-14,16,19,33,36H,5,15,17-18H2,1H3/b6-4+/t19-,29+/m0/s1. The highest BCUT2D eigenvalue weighted by molar-refractivity contribution is 6.07. The first-order valence-corrected chi connectivity index (χ1v) is 12.5. The molecule has 0 unspecified atom stereocenters. The third-order valence-corrected chi connectivity index (χ3v) is 7.09. The predicted molar refractivity (Wildman–Crippen MR) is 144 cm³/mol. The predicted octanol–water partition coefficient (Wildman–Crippen LogP) is 3.96. The number of hydrogen-bond acceptors (Lipinski definition) is 7. The fraction of sp³-hybridized carbons (Fsp3) is 0.241. The molecule has 39 heavy (non-hydrogen) atoms. The quantitative estimate of drug-likeness (QED) is 0.256. The second kappa shape index (κ2) is 10.3. The molecule has 3 aromatic rings. The van der Waals surface area contributed by atoms with Gasteiger partial charge in [-0.3, -0.25) is 24.6 Å². The molecule has 3 aromatic carbocycles. The molecule has 0 saturated carbocycles. The number of rotatable bonds is 8. The van der Waals surface area contributed by atoms with E-state index in [4.69, 9.17) is 9.84 Å². The van der Waals surface area contributed by atoms with E-state index in [-0.39, 0.29) is 36.9 Å². The van der Waals surface area contributed by atoms with Gasteiger partial charge in [0.25, 0.3) is 17.5 Å². The molecule has 2 atom stereocenters. The number of hydrogen-bond donors (Lipinski definition) is 2. The Kier molecular flexibility index (Phi) is 6.90. The van der Waals surface area contributed by atoms with Crippen LogP contribution in [-0.4, -0.2) is 40.2 Å². The number of aliphatic hydroxyl groups is 2. The SMILES string of the molecule is C[C@@H](/C=C/CCO)[C@]1(O)C(=O)N(Cc2ccc(N3C(=O)COc4ccccc43)cc2)c2ccc([N+](=O)[O-])cc21. The van der Waals surface area contributed by atoms with Crippen LogP contribution in [0.2, 0.25) is 0 Å². The molecule has 5 rings (SSSR count). The van der Waals surface area contributed by atoms with Gasteiger partial charge in [-0.2, -0.15) is 0 Å². The third-order valence-electron chi connectivity index (χ3n) is 7.09. The Morgan fingerprint density at radius 2 is 1.85 bits per heavy atom. The smallest absolute Gasteiger partial charge is 0.269 e. The van der Waals surface area contributed by atoms with Crippen LogP contribution in [0.4, 0.5) is 22.7 Å². The molecule has 0 aromatic heterocycles. The molecule has 0 radical (unpaired) electrons. The Labute approximate surface area is 224 Å². The molecular weight excluding hydrogens is 502 g/mol. The lowest BCUT2D eigenvalue weighted by atomic mass is 9.82. The Balaban J connectivity index is 1.46. The number of nitro benzene ring substituents is 1. The molecule has 0 aliphatic carbocycles. The molecule has 2 aliphatic rings. The van der Waals surface area contributed by atoms with E-state index in [0.29, 0.717) is 29.2 Å². The van der Waals surface area contributed by atoms with Crippen LogP contribution >= 0.6 is 0 Å². The van der Waals surface area contributed by atoms with Gasteiger partial charge in [0.2, 0.25) is 0 Å². The number of non-ortho nitro benzene ring substituents is 1. The minimum atomic E-state index is -2.02. The number of nitro groups is 1. The van der Waals surface area contributed by atoms with Crippen molar-refractivity contribution in [2.24, 2.45) is 5.92 Å². The van der Waals surface area contributed by atoms with Crippen LogP contribution in [0.5, 0.6) is 5.75 Å². The van der Waals surface area contributed by atoms with Gasteiger partial charge in [-0.05, 0) is 42.3 Å². The van der Waals surface area contributed by atoms with Crippen molar-refractivity contribution in [1.29, 1.82) is 0 Å². The first-order valence-electron chi connectivity index (χ1n) is 12.5. The lowest BCUT2D eigenvalue weighted by Gasteiger charge is -2.29. The summed E-state index contributed by atoms with van der Waals surface area (Å²) >= 11 is 0. The van der Waals surface area contributed by atoms with Crippen LogP contribution in [-0.2, 0) is 21.7 Å². The van der Waals surface area contributed by atoms with Crippen molar-refractivity contribution in [3.05, 3.63) is 100 Å². The average molecular weight is 530 g/mol.